The van der Waals surface area contributed by atoms with Gasteiger partial charge in [-0.3, -0.25) is 4.79 Å². The number of hydrogen-bond acceptors (Lipinski definition) is 4. The highest BCUT2D eigenvalue weighted by atomic mass is 32.2. The van der Waals surface area contributed by atoms with Crippen LogP contribution in [0.15, 0.2) is 54.7 Å². The first-order valence-corrected chi connectivity index (χ1v) is 14.1. The Morgan fingerprint density at radius 2 is 1.71 bits per heavy atom. The zero-order chi connectivity index (χ0) is 25.8. The zero-order valence-electron chi connectivity index (χ0n) is 21.8. The molecule has 188 valence electrons. The first-order chi connectivity index (χ1) is 16.6. The Bertz CT molecular complexity index is 1180. The molecule has 1 aliphatic rings. The Balaban J connectivity index is 0.00000167. The van der Waals surface area contributed by atoms with Gasteiger partial charge in [-0.05, 0) is 69.7 Å². The van der Waals surface area contributed by atoms with Crippen LogP contribution in [-0.4, -0.2) is 19.8 Å². The number of aromatic nitrogens is 1. The number of nitrogens with one attached hydrogen (secondary N) is 2. The highest BCUT2D eigenvalue weighted by molar-refractivity contribution is 7.84. The van der Waals surface area contributed by atoms with E-state index in [-0.39, 0.29) is 11.9 Å². The number of amides is 1. The van der Waals surface area contributed by atoms with Crippen LogP contribution in [0.5, 0.6) is 0 Å². The predicted octanol–water partition coefficient (Wildman–Crippen LogP) is 6.60. The largest absolute Gasteiger partial charge is 0.301 e. The summed E-state index contributed by atoms with van der Waals surface area (Å²) >= 11 is 1.42. The molecule has 0 unspecified atom stereocenters. The van der Waals surface area contributed by atoms with Crippen molar-refractivity contribution < 1.29 is 9.00 Å². The molecule has 0 saturated heterocycles. The first-order valence-electron chi connectivity index (χ1n) is 12.2. The minimum absolute atomic E-state index is 0.00542. The summed E-state index contributed by atoms with van der Waals surface area (Å²) in [6.45, 7) is 14.0. The third kappa shape index (κ3) is 6.26. The normalized spacial score (nSPS) is 16.0. The fourth-order valence-corrected chi connectivity index (χ4v) is 5.52. The van der Waals surface area contributed by atoms with Crippen molar-refractivity contribution in [1.82, 2.24) is 9.71 Å². The topological polar surface area (TPSA) is 71.1 Å². The van der Waals surface area contributed by atoms with Crippen LogP contribution in [0.3, 0.4) is 0 Å². The van der Waals surface area contributed by atoms with Gasteiger partial charge in [0.2, 0.25) is 5.91 Å². The van der Waals surface area contributed by atoms with Gasteiger partial charge >= 0.3 is 0 Å². The zero-order valence-corrected chi connectivity index (χ0v) is 23.4. The van der Waals surface area contributed by atoms with E-state index in [0.717, 1.165) is 28.8 Å². The monoisotopic (exact) mass is 511 g/mol. The lowest BCUT2D eigenvalue weighted by molar-refractivity contribution is -0.118. The van der Waals surface area contributed by atoms with Crippen molar-refractivity contribution in [2.24, 2.45) is 0 Å². The number of carbonyl (C=O) groups is 1. The highest BCUT2D eigenvalue weighted by Crippen LogP contribution is 2.49. The molecule has 1 amide bonds. The molecule has 5 nitrogen and oxygen atoms in total. The van der Waals surface area contributed by atoms with Gasteiger partial charge in [0, 0.05) is 11.1 Å². The van der Waals surface area contributed by atoms with Gasteiger partial charge in [-0.25, -0.2) is 13.9 Å². The number of nitrogens with zero attached hydrogens (tertiary/aromatic N) is 1. The second-order valence-corrected chi connectivity index (χ2v) is 12.8. The number of hydrogen-bond donors (Lipinski definition) is 2. The van der Waals surface area contributed by atoms with Crippen molar-refractivity contribution in [3.05, 3.63) is 81.9 Å². The number of carbonyl (C=O) groups excluding carboxylic acids is 1. The van der Waals surface area contributed by atoms with Crippen LogP contribution in [-0.2, 0) is 21.2 Å². The summed E-state index contributed by atoms with van der Waals surface area (Å²) in [4.78, 5) is 18.6. The van der Waals surface area contributed by atoms with Crippen LogP contribution >= 0.6 is 11.3 Å². The van der Waals surface area contributed by atoms with Crippen LogP contribution < -0.4 is 10.0 Å². The lowest BCUT2D eigenvalue weighted by atomic mass is 9.92. The van der Waals surface area contributed by atoms with E-state index in [2.05, 4.69) is 47.1 Å². The number of rotatable bonds is 7. The van der Waals surface area contributed by atoms with E-state index in [0.29, 0.717) is 5.13 Å². The molecule has 3 aromatic rings. The lowest BCUT2D eigenvalue weighted by Crippen LogP contribution is -2.35. The van der Waals surface area contributed by atoms with Gasteiger partial charge in [0.25, 0.3) is 0 Å². The predicted molar refractivity (Wildman–Crippen MR) is 148 cm³/mol. The van der Waals surface area contributed by atoms with Crippen molar-refractivity contribution in [2.45, 2.75) is 77.5 Å². The van der Waals surface area contributed by atoms with Gasteiger partial charge in [-0.1, -0.05) is 73.7 Å². The maximum absolute atomic E-state index is 13.2. The van der Waals surface area contributed by atoms with E-state index in [1.165, 1.54) is 22.5 Å². The standard InChI is InChI=1S/C26H31N3O2S2.C2H6/c1-17-11-12-20(15-18(17)2)26(13-14-26)23(30)28-24-27-16-21(32-24)22(19-9-7-6-8-10-19)29-33(31)25(3,4)5;1-2/h6-12,15-16,22,29H,13-14H2,1-5H3,(H,27,28,30);1-2H3/t22-,33-;/m0./s1. The molecule has 1 saturated carbocycles. The van der Waals surface area contributed by atoms with Gasteiger partial charge in [0.05, 0.1) is 27.2 Å². The van der Waals surface area contributed by atoms with E-state index in [1.807, 2.05) is 65.0 Å². The molecule has 7 heteroatoms. The molecule has 1 aromatic heterocycles. The Kier molecular flexibility index (Phi) is 8.67. The van der Waals surface area contributed by atoms with Crippen molar-refractivity contribution in [2.75, 3.05) is 5.32 Å². The average Bonchev–Trinajstić information content (AvgIpc) is 3.53. The molecule has 0 aliphatic heterocycles. The fraction of sp³-hybridized carbons (Fsp3) is 0.429. The fourth-order valence-electron chi connectivity index (χ4n) is 3.73. The minimum atomic E-state index is -1.26. The summed E-state index contributed by atoms with van der Waals surface area (Å²) < 4.78 is 15.7. The molecule has 0 spiro atoms. The van der Waals surface area contributed by atoms with E-state index < -0.39 is 21.1 Å². The van der Waals surface area contributed by atoms with E-state index >= 15 is 0 Å². The van der Waals surface area contributed by atoms with E-state index in [9.17, 15) is 9.00 Å². The van der Waals surface area contributed by atoms with Gasteiger partial charge < -0.3 is 5.32 Å². The second kappa shape index (κ2) is 11.1. The van der Waals surface area contributed by atoms with Crippen LogP contribution in [0.1, 0.15) is 80.6 Å². The summed E-state index contributed by atoms with van der Waals surface area (Å²) in [5.74, 6) is -0.00542. The quantitative estimate of drug-likeness (QED) is 0.375. The van der Waals surface area contributed by atoms with Crippen LogP contribution in [0.2, 0.25) is 0 Å². The molecule has 1 heterocycles. The van der Waals surface area contributed by atoms with Crippen LogP contribution in [0, 0.1) is 13.8 Å². The van der Waals surface area contributed by atoms with Crippen molar-refractivity contribution in [3.8, 4) is 0 Å². The molecule has 1 fully saturated rings. The molecule has 2 aromatic carbocycles. The Labute approximate surface area is 216 Å². The first kappa shape index (κ1) is 27.2. The Hall–Kier alpha value is -2.35. The summed E-state index contributed by atoms with van der Waals surface area (Å²) in [6.07, 6.45) is 3.46. The van der Waals surface area contributed by atoms with E-state index in [1.54, 1.807) is 6.20 Å². The van der Waals surface area contributed by atoms with Gasteiger partial charge in [-0.2, -0.15) is 0 Å². The maximum Gasteiger partial charge on any atom is 0.236 e. The molecule has 35 heavy (non-hydrogen) atoms. The molecule has 0 bridgehead atoms. The molecular formula is C28H37N3O2S2. The van der Waals surface area contributed by atoms with Crippen LogP contribution in [0.25, 0.3) is 0 Å². The molecule has 2 atom stereocenters. The summed E-state index contributed by atoms with van der Waals surface area (Å²) in [5.41, 5.74) is 4.04. The lowest BCUT2D eigenvalue weighted by Gasteiger charge is -2.23. The summed E-state index contributed by atoms with van der Waals surface area (Å²) in [5, 5.41) is 3.62. The van der Waals surface area contributed by atoms with Crippen molar-refractivity contribution >= 4 is 33.4 Å². The second-order valence-electron chi connectivity index (χ2n) is 9.75. The van der Waals surface area contributed by atoms with Crippen molar-refractivity contribution in [1.29, 1.82) is 0 Å². The molecule has 2 N–H and O–H groups in total. The Morgan fingerprint density at radius 3 is 2.29 bits per heavy atom. The number of aryl methyl sites for hydroxylation is 2. The summed E-state index contributed by atoms with van der Waals surface area (Å²) in [7, 11) is -1.26. The smallest absolute Gasteiger partial charge is 0.236 e. The van der Waals surface area contributed by atoms with Crippen LogP contribution in [0.4, 0.5) is 5.13 Å². The molecule has 1 aliphatic carbocycles. The average molecular weight is 512 g/mol. The number of anilines is 1. The third-order valence-electron chi connectivity index (χ3n) is 6.19. The molecular weight excluding hydrogens is 474 g/mol. The number of benzene rings is 2. The van der Waals surface area contributed by atoms with E-state index in [4.69, 9.17) is 0 Å². The molecule has 0 radical (unpaired) electrons. The van der Waals surface area contributed by atoms with Gasteiger partial charge in [0.1, 0.15) is 0 Å². The summed E-state index contributed by atoms with van der Waals surface area (Å²) in [6, 6.07) is 15.9. The third-order valence-corrected chi connectivity index (χ3v) is 8.73. The van der Waals surface area contributed by atoms with Gasteiger partial charge in [0.15, 0.2) is 5.13 Å². The number of thiazole rings is 1. The maximum atomic E-state index is 13.2. The van der Waals surface area contributed by atoms with Gasteiger partial charge in [-0.15, -0.1) is 0 Å². The highest BCUT2D eigenvalue weighted by Gasteiger charge is 2.51. The Morgan fingerprint density at radius 1 is 1.06 bits per heavy atom. The molecule has 4 rings (SSSR count). The van der Waals surface area contributed by atoms with Crippen molar-refractivity contribution in [3.63, 3.8) is 0 Å². The minimum Gasteiger partial charge on any atom is -0.301 e. The SMILES string of the molecule is CC.Cc1ccc(C2(C(=O)Nc3ncc([C@@H](N[S@@](=O)C(C)(C)C)c4ccccc4)s3)CC2)cc1C.